The number of hydrogen-bond acceptors (Lipinski definition) is 6. The van der Waals surface area contributed by atoms with Crippen molar-refractivity contribution in [2.75, 3.05) is 13.1 Å². The van der Waals surface area contributed by atoms with Gasteiger partial charge in [-0.3, -0.25) is 4.79 Å². The highest BCUT2D eigenvalue weighted by molar-refractivity contribution is 5.96. The largest absolute Gasteiger partial charge is 0.477 e. The summed E-state index contributed by atoms with van der Waals surface area (Å²) in [5.41, 5.74) is 0.205. The quantitative estimate of drug-likeness (QED) is 0.913. The monoisotopic (exact) mass is 316 g/mol. The summed E-state index contributed by atoms with van der Waals surface area (Å²) in [6.07, 6.45) is 2.82. The highest BCUT2D eigenvalue weighted by Crippen LogP contribution is 2.27. The Bertz CT molecular complexity index is 735. The summed E-state index contributed by atoms with van der Waals surface area (Å²) in [4.78, 5) is 33.1. The molecule has 2 aromatic rings. The predicted molar refractivity (Wildman–Crippen MR) is 78.1 cm³/mol. The molecular weight excluding hydrogens is 300 g/mol. The van der Waals surface area contributed by atoms with Crippen LogP contribution in [0.1, 0.15) is 51.3 Å². The minimum Gasteiger partial charge on any atom is -0.477 e. The van der Waals surface area contributed by atoms with E-state index < -0.39 is 5.97 Å². The topological polar surface area (TPSA) is 109 Å². The van der Waals surface area contributed by atoms with Crippen molar-refractivity contribution in [3.63, 3.8) is 0 Å². The molecule has 0 atom stereocenters. The number of carboxylic acid groups (broad SMARTS) is 1. The lowest BCUT2D eigenvalue weighted by Gasteiger charge is -2.30. The number of carbonyl (C=O) groups is 2. The summed E-state index contributed by atoms with van der Waals surface area (Å²) >= 11 is 0. The van der Waals surface area contributed by atoms with Gasteiger partial charge in [-0.1, -0.05) is 5.16 Å². The zero-order valence-electron chi connectivity index (χ0n) is 12.6. The molecule has 8 heteroatoms. The molecule has 1 aliphatic heterocycles. The molecule has 0 radical (unpaired) electrons. The molecule has 1 amide bonds. The molecule has 3 rings (SSSR count). The van der Waals surface area contributed by atoms with Gasteiger partial charge in [0.25, 0.3) is 5.91 Å². The van der Waals surface area contributed by atoms with Crippen LogP contribution in [0.15, 0.2) is 22.9 Å². The Morgan fingerprint density at radius 1 is 1.35 bits per heavy atom. The summed E-state index contributed by atoms with van der Waals surface area (Å²) in [6, 6.07) is 2.83. The third-order valence-corrected chi connectivity index (χ3v) is 3.90. The van der Waals surface area contributed by atoms with E-state index >= 15 is 0 Å². The number of carbonyl (C=O) groups excluding carboxylic acids is 1. The van der Waals surface area contributed by atoms with Gasteiger partial charge in [0.15, 0.2) is 5.82 Å². The third kappa shape index (κ3) is 3.20. The van der Waals surface area contributed by atoms with Crippen LogP contribution in [-0.2, 0) is 0 Å². The zero-order chi connectivity index (χ0) is 16.4. The lowest BCUT2D eigenvalue weighted by molar-refractivity contribution is 0.0690. The van der Waals surface area contributed by atoms with Crippen LogP contribution in [-0.4, -0.2) is 50.1 Å². The van der Waals surface area contributed by atoms with E-state index in [1.807, 2.05) is 0 Å². The SMILES string of the molecule is Cc1noc(C2CCN(C(=O)c3ccnc(C(=O)O)c3)CC2)n1. The van der Waals surface area contributed by atoms with Crippen molar-refractivity contribution in [2.45, 2.75) is 25.7 Å². The lowest BCUT2D eigenvalue weighted by Crippen LogP contribution is -2.38. The molecule has 1 N–H and O–H groups in total. The van der Waals surface area contributed by atoms with Crippen molar-refractivity contribution in [1.29, 1.82) is 0 Å². The van der Waals surface area contributed by atoms with Crippen molar-refractivity contribution in [1.82, 2.24) is 20.0 Å². The van der Waals surface area contributed by atoms with Crippen LogP contribution < -0.4 is 0 Å². The Morgan fingerprint density at radius 3 is 2.70 bits per heavy atom. The van der Waals surface area contributed by atoms with Crippen LogP contribution in [0.5, 0.6) is 0 Å². The summed E-state index contributed by atoms with van der Waals surface area (Å²) in [5.74, 6) is 0.0515. The molecule has 120 valence electrons. The van der Waals surface area contributed by atoms with Gasteiger partial charge in [0.2, 0.25) is 5.89 Å². The maximum Gasteiger partial charge on any atom is 0.354 e. The summed E-state index contributed by atoms with van der Waals surface area (Å²) in [7, 11) is 0. The zero-order valence-corrected chi connectivity index (χ0v) is 12.6. The van der Waals surface area contributed by atoms with Gasteiger partial charge in [-0.15, -0.1) is 0 Å². The van der Waals surface area contributed by atoms with E-state index in [9.17, 15) is 9.59 Å². The number of carboxylic acids is 1. The van der Waals surface area contributed by atoms with Gasteiger partial charge in [0.1, 0.15) is 5.69 Å². The summed E-state index contributed by atoms with van der Waals surface area (Å²) in [6.45, 7) is 2.90. The average molecular weight is 316 g/mol. The molecule has 0 spiro atoms. The average Bonchev–Trinajstić information content (AvgIpc) is 3.01. The van der Waals surface area contributed by atoms with Crippen LogP contribution in [0.2, 0.25) is 0 Å². The number of pyridine rings is 1. The van der Waals surface area contributed by atoms with E-state index in [4.69, 9.17) is 9.63 Å². The number of aromatic nitrogens is 3. The summed E-state index contributed by atoms with van der Waals surface area (Å²) in [5, 5.41) is 12.7. The van der Waals surface area contributed by atoms with Gasteiger partial charge in [-0.2, -0.15) is 4.98 Å². The minimum atomic E-state index is -1.15. The summed E-state index contributed by atoms with van der Waals surface area (Å²) < 4.78 is 5.19. The Kier molecular flexibility index (Phi) is 4.05. The molecule has 2 aromatic heterocycles. The number of aryl methyl sites for hydroxylation is 1. The second-order valence-electron chi connectivity index (χ2n) is 5.48. The molecule has 1 saturated heterocycles. The van der Waals surface area contributed by atoms with E-state index in [1.54, 1.807) is 11.8 Å². The van der Waals surface area contributed by atoms with Crippen LogP contribution in [0.4, 0.5) is 0 Å². The molecule has 0 saturated carbocycles. The van der Waals surface area contributed by atoms with E-state index in [-0.39, 0.29) is 17.5 Å². The number of rotatable bonds is 3. The fraction of sp³-hybridized carbons (Fsp3) is 0.400. The number of hydrogen-bond donors (Lipinski definition) is 1. The van der Waals surface area contributed by atoms with Crippen LogP contribution in [0.25, 0.3) is 0 Å². The van der Waals surface area contributed by atoms with Gasteiger partial charge >= 0.3 is 5.97 Å². The first-order valence-corrected chi connectivity index (χ1v) is 7.33. The van der Waals surface area contributed by atoms with Crippen molar-refractivity contribution in [3.8, 4) is 0 Å². The van der Waals surface area contributed by atoms with Gasteiger partial charge in [-0.05, 0) is 31.9 Å². The maximum atomic E-state index is 12.5. The molecule has 3 heterocycles. The molecule has 23 heavy (non-hydrogen) atoms. The molecule has 0 aliphatic carbocycles. The predicted octanol–water partition coefficient (Wildman–Crippen LogP) is 1.49. The fourth-order valence-corrected chi connectivity index (χ4v) is 2.67. The third-order valence-electron chi connectivity index (χ3n) is 3.90. The molecule has 0 aromatic carbocycles. The number of amides is 1. The second-order valence-corrected chi connectivity index (χ2v) is 5.48. The van der Waals surface area contributed by atoms with Gasteiger partial charge in [-0.25, -0.2) is 9.78 Å². The smallest absolute Gasteiger partial charge is 0.354 e. The maximum absolute atomic E-state index is 12.5. The molecule has 8 nitrogen and oxygen atoms in total. The van der Waals surface area contributed by atoms with E-state index in [0.717, 1.165) is 12.8 Å². The molecular formula is C15H16N4O4. The number of aromatic carboxylic acids is 1. The number of likely N-dealkylation sites (tertiary alicyclic amines) is 1. The first kappa shape index (κ1) is 15.1. The Balaban J connectivity index is 1.66. The number of nitrogens with zero attached hydrogens (tertiary/aromatic N) is 4. The fourth-order valence-electron chi connectivity index (χ4n) is 2.67. The number of piperidine rings is 1. The first-order valence-electron chi connectivity index (χ1n) is 7.33. The lowest BCUT2D eigenvalue weighted by atomic mass is 9.96. The van der Waals surface area contributed by atoms with E-state index in [2.05, 4.69) is 15.1 Å². The van der Waals surface area contributed by atoms with Crippen molar-refractivity contribution in [2.24, 2.45) is 0 Å². The Hall–Kier alpha value is -2.77. The van der Waals surface area contributed by atoms with Gasteiger partial charge < -0.3 is 14.5 Å². The van der Waals surface area contributed by atoms with Crippen LogP contribution in [0, 0.1) is 6.92 Å². The Labute approximate surface area is 132 Å². The van der Waals surface area contributed by atoms with Gasteiger partial charge in [0.05, 0.1) is 0 Å². The first-order chi connectivity index (χ1) is 11.0. The molecule has 1 aliphatic rings. The Morgan fingerprint density at radius 2 is 2.09 bits per heavy atom. The van der Waals surface area contributed by atoms with E-state index in [1.165, 1.54) is 18.3 Å². The highest BCUT2D eigenvalue weighted by Gasteiger charge is 2.28. The standard InChI is InChI=1S/C15H16N4O4/c1-9-17-13(23-18-9)10-3-6-19(7-4-10)14(20)11-2-5-16-12(8-11)15(21)22/h2,5,8,10H,3-4,6-7H2,1H3,(H,21,22). The highest BCUT2D eigenvalue weighted by atomic mass is 16.5. The minimum absolute atomic E-state index is 0.132. The van der Waals surface area contributed by atoms with Gasteiger partial charge in [0, 0.05) is 30.8 Å². The van der Waals surface area contributed by atoms with Crippen molar-refractivity contribution < 1.29 is 19.2 Å². The second kappa shape index (κ2) is 6.15. The molecule has 1 fully saturated rings. The normalized spacial score (nSPS) is 15.6. The van der Waals surface area contributed by atoms with Crippen LogP contribution in [0.3, 0.4) is 0 Å². The van der Waals surface area contributed by atoms with E-state index in [0.29, 0.717) is 30.4 Å². The molecule has 0 unspecified atom stereocenters. The van der Waals surface area contributed by atoms with Crippen molar-refractivity contribution in [3.05, 3.63) is 41.3 Å². The molecule has 0 bridgehead atoms. The van der Waals surface area contributed by atoms with Crippen LogP contribution >= 0.6 is 0 Å². The van der Waals surface area contributed by atoms with Crippen molar-refractivity contribution >= 4 is 11.9 Å².